The molecule has 0 bridgehead atoms. The van der Waals surface area contributed by atoms with Crippen molar-refractivity contribution in [2.24, 2.45) is 5.92 Å². The van der Waals surface area contributed by atoms with Crippen molar-refractivity contribution >= 4 is 29.6 Å². The highest BCUT2D eigenvalue weighted by atomic mass is 32.1. The van der Waals surface area contributed by atoms with Crippen LogP contribution in [0.3, 0.4) is 0 Å². The van der Waals surface area contributed by atoms with Gasteiger partial charge in [0.2, 0.25) is 0 Å². The Labute approximate surface area is 137 Å². The minimum absolute atomic E-state index is 0.282. The zero-order valence-electron chi connectivity index (χ0n) is 13.7. The summed E-state index contributed by atoms with van der Waals surface area (Å²) in [4.78, 5) is 1.32. The highest BCUT2D eigenvalue weighted by Crippen LogP contribution is 2.57. The molecule has 2 unspecified atom stereocenters. The number of hydrogen-bond acceptors (Lipinski definition) is 1. The number of thiophene rings is 1. The lowest BCUT2D eigenvalue weighted by Gasteiger charge is -2.14. The van der Waals surface area contributed by atoms with E-state index in [0.29, 0.717) is 5.92 Å². The maximum atomic E-state index is 3.92. The average molecular weight is 308 g/mol. The predicted octanol–water partition coefficient (Wildman–Crippen LogP) is 4.65. The molecule has 2 atom stereocenters. The number of hydrogen-bond donors (Lipinski definition) is 0. The highest BCUT2D eigenvalue weighted by molar-refractivity contribution is 7.11. The van der Waals surface area contributed by atoms with Crippen LogP contribution >= 0.6 is 11.3 Å². The molecule has 1 saturated carbocycles. The molecule has 1 fully saturated rings. The van der Waals surface area contributed by atoms with Crippen molar-refractivity contribution in [3.63, 3.8) is 0 Å². The van der Waals surface area contributed by atoms with Crippen molar-refractivity contribution in [2.45, 2.75) is 39.0 Å². The van der Waals surface area contributed by atoms with Crippen molar-refractivity contribution in [2.75, 3.05) is 0 Å². The molecule has 0 N–H and O–H groups in total. The molecule has 0 spiro atoms. The Morgan fingerprint density at radius 3 is 2.59 bits per heavy atom. The van der Waals surface area contributed by atoms with E-state index in [1.165, 1.54) is 38.6 Å². The van der Waals surface area contributed by atoms with Crippen LogP contribution in [0.5, 0.6) is 0 Å². The molecule has 0 saturated heterocycles. The molecule has 0 amide bonds. The molecule has 1 heteroatoms. The summed E-state index contributed by atoms with van der Waals surface area (Å²) >= 11 is 1.88. The van der Waals surface area contributed by atoms with E-state index in [4.69, 9.17) is 0 Å². The van der Waals surface area contributed by atoms with Crippen LogP contribution in [0.2, 0.25) is 0 Å². The summed E-state index contributed by atoms with van der Waals surface area (Å²) in [6, 6.07) is 10.9. The Balaban J connectivity index is 0.000000446. The molecule has 1 heterocycles. The van der Waals surface area contributed by atoms with Gasteiger partial charge in [-0.25, -0.2) is 0 Å². The van der Waals surface area contributed by atoms with Gasteiger partial charge < -0.3 is 0 Å². The third kappa shape index (κ3) is 2.38. The first kappa shape index (κ1) is 15.3. The third-order valence-electron chi connectivity index (χ3n) is 4.57. The smallest absolute Gasteiger partial charge is 0.0318 e. The predicted molar refractivity (Wildman–Crippen MR) is 99.5 cm³/mol. The van der Waals surface area contributed by atoms with Crippen molar-refractivity contribution in [3.05, 3.63) is 62.7 Å². The molecular weight excluding hydrogens is 284 g/mol. The number of rotatable bonds is 2. The Morgan fingerprint density at radius 1 is 1.27 bits per heavy atom. The second kappa shape index (κ2) is 5.89. The standard InChI is InChI=1S/C18H16S.C3H8/c1-3-16-12(2)15-9-14-10-18(14,11-17(15)19-16)13-7-5-4-6-8-13;1-3-2/h3-9,11,14H,1,10H2,2H3;3H2,1-2H3. The van der Waals surface area contributed by atoms with Crippen LogP contribution in [-0.2, 0) is 5.41 Å². The zero-order valence-corrected chi connectivity index (χ0v) is 14.5. The quantitative estimate of drug-likeness (QED) is 0.757. The minimum Gasteiger partial charge on any atom is -0.136 e. The Hall–Kier alpha value is -1.60. The van der Waals surface area contributed by atoms with Gasteiger partial charge in [-0.15, -0.1) is 11.3 Å². The van der Waals surface area contributed by atoms with Crippen molar-refractivity contribution < 1.29 is 0 Å². The van der Waals surface area contributed by atoms with Gasteiger partial charge in [0.1, 0.15) is 0 Å². The average Bonchev–Trinajstić information content (AvgIpc) is 3.19. The Bertz CT molecular complexity index is 794. The maximum Gasteiger partial charge on any atom is 0.0318 e. The van der Waals surface area contributed by atoms with Crippen LogP contribution in [0.25, 0.3) is 18.2 Å². The summed E-state index contributed by atoms with van der Waals surface area (Å²) < 4.78 is 1.44. The van der Waals surface area contributed by atoms with Crippen LogP contribution in [-0.4, -0.2) is 0 Å². The van der Waals surface area contributed by atoms with Gasteiger partial charge >= 0.3 is 0 Å². The van der Waals surface area contributed by atoms with Crippen molar-refractivity contribution in [3.8, 4) is 0 Å². The largest absolute Gasteiger partial charge is 0.136 e. The van der Waals surface area contributed by atoms with E-state index in [-0.39, 0.29) is 5.41 Å². The van der Waals surface area contributed by atoms with E-state index in [1.807, 2.05) is 17.4 Å². The van der Waals surface area contributed by atoms with E-state index < -0.39 is 0 Å². The van der Waals surface area contributed by atoms with Gasteiger partial charge in [0.25, 0.3) is 0 Å². The van der Waals surface area contributed by atoms with Gasteiger partial charge in [0, 0.05) is 14.8 Å². The van der Waals surface area contributed by atoms with Crippen molar-refractivity contribution in [1.82, 2.24) is 0 Å². The van der Waals surface area contributed by atoms with Gasteiger partial charge in [-0.2, -0.15) is 0 Å². The highest BCUT2D eigenvalue weighted by Gasteiger charge is 2.53. The van der Waals surface area contributed by atoms with Gasteiger partial charge in [-0.05, 0) is 35.6 Å². The van der Waals surface area contributed by atoms with Crippen molar-refractivity contribution in [1.29, 1.82) is 0 Å². The molecule has 114 valence electrons. The normalized spacial score (nSPS) is 23.9. The Morgan fingerprint density at radius 2 is 1.95 bits per heavy atom. The fourth-order valence-corrected chi connectivity index (χ4v) is 4.54. The number of benzene rings is 1. The van der Waals surface area contributed by atoms with Crippen LogP contribution in [0.15, 0.2) is 36.9 Å². The SMILES string of the molecule is C=Cc1sc2c(c1C)=CC1CC1(c1ccccc1)C=2.CCC. The van der Waals surface area contributed by atoms with E-state index in [0.717, 1.165) is 0 Å². The molecule has 1 aromatic carbocycles. The van der Waals surface area contributed by atoms with Crippen LogP contribution in [0.4, 0.5) is 0 Å². The molecule has 0 nitrogen and oxygen atoms in total. The fourth-order valence-electron chi connectivity index (χ4n) is 3.35. The monoisotopic (exact) mass is 308 g/mol. The molecular formula is C21H24S. The minimum atomic E-state index is 0.282. The van der Waals surface area contributed by atoms with Gasteiger partial charge in [0.15, 0.2) is 0 Å². The first-order valence-electron chi connectivity index (χ1n) is 8.18. The van der Waals surface area contributed by atoms with Crippen LogP contribution in [0, 0.1) is 12.8 Å². The lowest BCUT2D eigenvalue weighted by atomic mass is 9.90. The van der Waals surface area contributed by atoms with Crippen LogP contribution in [0.1, 0.15) is 42.7 Å². The van der Waals surface area contributed by atoms with Gasteiger partial charge in [-0.3, -0.25) is 0 Å². The second-order valence-electron chi connectivity index (χ2n) is 6.31. The van der Waals surface area contributed by atoms with E-state index >= 15 is 0 Å². The summed E-state index contributed by atoms with van der Waals surface area (Å²) in [5.74, 6) is 0.688. The molecule has 22 heavy (non-hydrogen) atoms. The van der Waals surface area contributed by atoms with Crippen LogP contribution < -0.4 is 9.75 Å². The summed E-state index contributed by atoms with van der Waals surface area (Å²) in [5.41, 5.74) is 3.15. The summed E-state index contributed by atoms with van der Waals surface area (Å²) in [6.07, 6.45) is 9.50. The lowest BCUT2D eigenvalue weighted by Crippen LogP contribution is -2.28. The molecule has 0 radical (unpaired) electrons. The van der Waals surface area contributed by atoms with Gasteiger partial charge in [-0.1, -0.05) is 75.4 Å². The second-order valence-corrected chi connectivity index (χ2v) is 7.39. The number of fused-ring (bicyclic) bond motifs is 2. The van der Waals surface area contributed by atoms with E-state index in [9.17, 15) is 0 Å². The molecule has 2 aliphatic carbocycles. The topological polar surface area (TPSA) is 0 Å². The molecule has 0 aliphatic heterocycles. The fraction of sp³-hybridized carbons (Fsp3) is 0.333. The summed E-state index contributed by atoms with van der Waals surface area (Å²) in [7, 11) is 0. The molecule has 2 aliphatic rings. The third-order valence-corrected chi connectivity index (χ3v) is 5.82. The maximum absolute atomic E-state index is 3.92. The van der Waals surface area contributed by atoms with Gasteiger partial charge in [0.05, 0.1) is 0 Å². The first-order valence-corrected chi connectivity index (χ1v) is 9.00. The summed E-state index contributed by atoms with van der Waals surface area (Å²) in [6.45, 7) is 10.4. The summed E-state index contributed by atoms with van der Waals surface area (Å²) in [5, 5.41) is 1.45. The molecule has 4 rings (SSSR count). The van der Waals surface area contributed by atoms with E-state index in [2.05, 4.69) is 69.8 Å². The lowest BCUT2D eigenvalue weighted by molar-refractivity contribution is 0.884. The molecule has 2 aromatic rings. The Kier molecular flexibility index (Phi) is 4.10. The first-order chi connectivity index (χ1) is 10.7. The zero-order chi connectivity index (χ0) is 15.7. The molecule has 1 aromatic heterocycles. The van der Waals surface area contributed by atoms with E-state index in [1.54, 1.807) is 0 Å².